The first-order chi connectivity index (χ1) is 11.8. The van der Waals surface area contributed by atoms with Crippen LogP contribution in [0.3, 0.4) is 0 Å². The largest absolute Gasteiger partial charge is 0.315 e. The van der Waals surface area contributed by atoms with Crippen LogP contribution in [-0.4, -0.2) is 4.40 Å². The standard InChI is InChI=1S/C22H14ClN/c23-18-11-10-16-13-21-22(15-6-2-1-3-7-15)19-8-4-5-9-20(19)24(21)14-17(16)12-18/h1-14H. The second-order valence-corrected chi connectivity index (χ2v) is 6.50. The van der Waals surface area contributed by atoms with E-state index in [0.29, 0.717) is 0 Å². The van der Waals surface area contributed by atoms with Gasteiger partial charge in [0.05, 0.1) is 11.0 Å². The van der Waals surface area contributed by atoms with Crippen molar-refractivity contribution in [1.82, 2.24) is 4.40 Å². The molecule has 0 fully saturated rings. The van der Waals surface area contributed by atoms with E-state index in [0.717, 1.165) is 10.4 Å². The van der Waals surface area contributed by atoms with E-state index < -0.39 is 0 Å². The Balaban J connectivity index is 2.01. The minimum absolute atomic E-state index is 0.765. The molecule has 0 bridgehead atoms. The molecule has 114 valence electrons. The molecule has 0 aliphatic carbocycles. The van der Waals surface area contributed by atoms with Gasteiger partial charge in [0.1, 0.15) is 0 Å². The van der Waals surface area contributed by atoms with Crippen molar-refractivity contribution in [3.8, 4) is 11.1 Å². The average molecular weight is 328 g/mol. The molecule has 3 aromatic carbocycles. The summed E-state index contributed by atoms with van der Waals surface area (Å²) in [6.45, 7) is 0. The van der Waals surface area contributed by atoms with Crippen molar-refractivity contribution in [3.63, 3.8) is 0 Å². The molecule has 24 heavy (non-hydrogen) atoms. The lowest BCUT2D eigenvalue weighted by atomic mass is 10.0. The molecule has 5 aromatic rings. The molecule has 0 amide bonds. The number of benzene rings is 3. The minimum Gasteiger partial charge on any atom is -0.315 e. The Labute approximate surface area is 144 Å². The minimum atomic E-state index is 0.765. The molecule has 2 aromatic heterocycles. The first-order valence-electron chi connectivity index (χ1n) is 7.99. The number of hydrogen-bond acceptors (Lipinski definition) is 0. The van der Waals surface area contributed by atoms with Gasteiger partial charge in [0.2, 0.25) is 0 Å². The molecule has 0 saturated carbocycles. The molecule has 0 saturated heterocycles. The molecule has 5 rings (SSSR count). The molecule has 0 aliphatic rings. The van der Waals surface area contributed by atoms with Crippen LogP contribution in [0.4, 0.5) is 0 Å². The highest BCUT2D eigenvalue weighted by atomic mass is 35.5. The van der Waals surface area contributed by atoms with Crippen molar-refractivity contribution < 1.29 is 0 Å². The molecule has 0 unspecified atom stereocenters. The predicted octanol–water partition coefficient (Wildman–Crippen LogP) is 6.57. The fourth-order valence-electron chi connectivity index (χ4n) is 3.55. The molecular weight excluding hydrogens is 314 g/mol. The van der Waals surface area contributed by atoms with Gasteiger partial charge in [-0.1, -0.05) is 66.2 Å². The van der Waals surface area contributed by atoms with Crippen LogP contribution in [0, 0.1) is 0 Å². The fraction of sp³-hybridized carbons (Fsp3) is 0. The van der Waals surface area contributed by atoms with Crippen LogP contribution in [0.15, 0.2) is 85.1 Å². The highest BCUT2D eigenvalue weighted by molar-refractivity contribution is 6.31. The topological polar surface area (TPSA) is 4.41 Å². The van der Waals surface area contributed by atoms with Crippen LogP contribution in [0.5, 0.6) is 0 Å². The van der Waals surface area contributed by atoms with Gasteiger partial charge in [-0.15, -0.1) is 0 Å². The normalized spacial score (nSPS) is 11.5. The maximum Gasteiger partial charge on any atom is 0.0547 e. The van der Waals surface area contributed by atoms with Crippen LogP contribution in [-0.2, 0) is 0 Å². The molecule has 2 heteroatoms. The highest BCUT2D eigenvalue weighted by Crippen LogP contribution is 2.37. The Morgan fingerprint density at radius 3 is 2.33 bits per heavy atom. The average Bonchev–Trinajstić information content (AvgIpc) is 2.94. The Kier molecular flexibility index (Phi) is 2.91. The Morgan fingerprint density at radius 2 is 1.46 bits per heavy atom. The first-order valence-corrected chi connectivity index (χ1v) is 8.36. The van der Waals surface area contributed by atoms with Gasteiger partial charge in [-0.2, -0.15) is 0 Å². The summed E-state index contributed by atoms with van der Waals surface area (Å²) < 4.78 is 2.27. The lowest BCUT2D eigenvalue weighted by molar-refractivity contribution is 1.28. The van der Waals surface area contributed by atoms with Crippen LogP contribution in [0.2, 0.25) is 5.02 Å². The summed E-state index contributed by atoms with van der Waals surface area (Å²) >= 11 is 6.18. The van der Waals surface area contributed by atoms with Crippen molar-refractivity contribution in [2.24, 2.45) is 0 Å². The summed E-state index contributed by atoms with van der Waals surface area (Å²) in [5.74, 6) is 0. The number of nitrogens with zero attached hydrogens (tertiary/aromatic N) is 1. The van der Waals surface area contributed by atoms with Crippen molar-refractivity contribution in [3.05, 3.63) is 90.1 Å². The molecule has 2 heterocycles. The maximum absolute atomic E-state index is 6.18. The number of fused-ring (bicyclic) bond motifs is 4. The van der Waals surface area contributed by atoms with Gasteiger partial charge in [-0.3, -0.25) is 0 Å². The second-order valence-electron chi connectivity index (χ2n) is 6.06. The molecule has 0 aliphatic heterocycles. The molecular formula is C22H14ClN. The molecule has 0 atom stereocenters. The Morgan fingerprint density at radius 1 is 0.667 bits per heavy atom. The van der Waals surface area contributed by atoms with Gasteiger partial charge in [0, 0.05) is 22.2 Å². The predicted molar refractivity (Wildman–Crippen MR) is 103 cm³/mol. The van der Waals surface area contributed by atoms with E-state index in [1.807, 2.05) is 12.1 Å². The van der Waals surface area contributed by atoms with Crippen LogP contribution in [0.1, 0.15) is 0 Å². The van der Waals surface area contributed by atoms with E-state index in [9.17, 15) is 0 Å². The van der Waals surface area contributed by atoms with Crippen LogP contribution in [0.25, 0.3) is 38.3 Å². The molecule has 0 spiro atoms. The Bertz CT molecular complexity index is 1200. The lowest BCUT2D eigenvalue weighted by Gasteiger charge is -2.05. The summed E-state index contributed by atoms with van der Waals surface area (Å²) in [6, 6.07) is 27.5. The fourth-order valence-corrected chi connectivity index (χ4v) is 3.73. The maximum atomic E-state index is 6.18. The summed E-state index contributed by atoms with van der Waals surface area (Å²) in [4.78, 5) is 0. The monoisotopic (exact) mass is 327 g/mol. The number of hydrogen-bond donors (Lipinski definition) is 0. The van der Waals surface area contributed by atoms with Crippen LogP contribution >= 0.6 is 11.6 Å². The van der Waals surface area contributed by atoms with Crippen molar-refractivity contribution in [2.75, 3.05) is 0 Å². The zero-order chi connectivity index (χ0) is 16.1. The van der Waals surface area contributed by atoms with E-state index in [1.54, 1.807) is 0 Å². The van der Waals surface area contributed by atoms with E-state index in [4.69, 9.17) is 11.6 Å². The highest BCUT2D eigenvalue weighted by Gasteiger charge is 2.13. The smallest absolute Gasteiger partial charge is 0.0547 e. The van der Waals surface area contributed by atoms with E-state index in [-0.39, 0.29) is 0 Å². The summed E-state index contributed by atoms with van der Waals surface area (Å²) in [6.07, 6.45) is 2.19. The number of halogens is 1. The third-order valence-electron chi connectivity index (χ3n) is 4.62. The van der Waals surface area contributed by atoms with Gasteiger partial charge in [-0.05, 0) is 40.6 Å². The van der Waals surface area contributed by atoms with Gasteiger partial charge in [-0.25, -0.2) is 0 Å². The third kappa shape index (κ3) is 1.95. The zero-order valence-electron chi connectivity index (χ0n) is 12.9. The van der Waals surface area contributed by atoms with Gasteiger partial charge < -0.3 is 4.40 Å². The number of aromatic nitrogens is 1. The van der Waals surface area contributed by atoms with Crippen molar-refractivity contribution in [2.45, 2.75) is 0 Å². The molecule has 1 nitrogen and oxygen atoms in total. The van der Waals surface area contributed by atoms with Crippen molar-refractivity contribution >= 4 is 38.8 Å². The van der Waals surface area contributed by atoms with Gasteiger partial charge >= 0.3 is 0 Å². The lowest BCUT2D eigenvalue weighted by Crippen LogP contribution is -1.85. The SMILES string of the molecule is Clc1ccc2cc3c(-c4ccccc4)c4ccccc4n3cc2c1. The van der Waals surface area contributed by atoms with Gasteiger partial charge in [0.25, 0.3) is 0 Å². The Hall–Kier alpha value is -2.77. The van der Waals surface area contributed by atoms with E-state index >= 15 is 0 Å². The molecule has 0 radical (unpaired) electrons. The summed E-state index contributed by atoms with van der Waals surface area (Å²) in [7, 11) is 0. The summed E-state index contributed by atoms with van der Waals surface area (Å²) in [5.41, 5.74) is 4.96. The van der Waals surface area contributed by atoms with E-state index in [1.165, 1.54) is 32.9 Å². The van der Waals surface area contributed by atoms with E-state index in [2.05, 4.69) is 77.3 Å². The number of pyridine rings is 1. The first kappa shape index (κ1) is 13.6. The molecule has 0 N–H and O–H groups in total. The zero-order valence-corrected chi connectivity index (χ0v) is 13.7. The second kappa shape index (κ2) is 5.12. The number of para-hydroxylation sites is 1. The third-order valence-corrected chi connectivity index (χ3v) is 4.86. The quantitative estimate of drug-likeness (QED) is 0.328. The summed E-state index contributed by atoms with van der Waals surface area (Å²) in [5, 5.41) is 4.38. The van der Waals surface area contributed by atoms with Crippen molar-refractivity contribution in [1.29, 1.82) is 0 Å². The van der Waals surface area contributed by atoms with Crippen LogP contribution < -0.4 is 0 Å². The number of rotatable bonds is 1. The van der Waals surface area contributed by atoms with Gasteiger partial charge in [0.15, 0.2) is 0 Å².